The van der Waals surface area contributed by atoms with Crippen LogP contribution in [-0.2, 0) is 6.54 Å². The van der Waals surface area contributed by atoms with Crippen LogP contribution in [-0.4, -0.2) is 5.91 Å². The maximum atomic E-state index is 13.2. The molecule has 3 rings (SSSR count). The Kier molecular flexibility index (Phi) is 4.57. The highest BCUT2D eigenvalue weighted by Gasteiger charge is 2.09. The lowest BCUT2D eigenvalue weighted by Crippen LogP contribution is -2.11. The van der Waals surface area contributed by atoms with Crippen LogP contribution in [0.15, 0.2) is 52.9 Å². The van der Waals surface area contributed by atoms with Gasteiger partial charge in [0, 0.05) is 16.8 Å². The number of nitrogens with one attached hydrogen (secondary N) is 1. The van der Waals surface area contributed by atoms with Gasteiger partial charge < -0.3 is 15.5 Å². The summed E-state index contributed by atoms with van der Waals surface area (Å²) in [7, 11) is 0. The third kappa shape index (κ3) is 3.71. The van der Waals surface area contributed by atoms with Crippen molar-refractivity contribution >= 4 is 11.6 Å². The van der Waals surface area contributed by atoms with E-state index in [0.29, 0.717) is 17.9 Å². The highest BCUT2D eigenvalue weighted by molar-refractivity contribution is 5.93. The Labute approximate surface area is 145 Å². The summed E-state index contributed by atoms with van der Waals surface area (Å²) in [4.78, 5) is 11.2. The van der Waals surface area contributed by atoms with Gasteiger partial charge in [0.15, 0.2) is 0 Å². The second-order valence-electron chi connectivity index (χ2n) is 5.97. The van der Waals surface area contributed by atoms with Crippen molar-refractivity contribution in [1.29, 1.82) is 0 Å². The van der Waals surface area contributed by atoms with E-state index in [0.717, 1.165) is 28.1 Å². The minimum Gasteiger partial charge on any atom is -0.459 e. The van der Waals surface area contributed by atoms with E-state index in [-0.39, 0.29) is 5.82 Å². The number of benzene rings is 2. The maximum absolute atomic E-state index is 13.2. The first-order valence-electron chi connectivity index (χ1n) is 7.93. The highest BCUT2D eigenvalue weighted by Crippen LogP contribution is 2.26. The lowest BCUT2D eigenvalue weighted by Gasteiger charge is -2.09. The molecule has 3 aromatic rings. The molecule has 128 valence electrons. The van der Waals surface area contributed by atoms with Crippen molar-refractivity contribution in [2.75, 3.05) is 5.32 Å². The normalized spacial score (nSPS) is 10.7. The molecule has 0 atom stereocenters. The second-order valence-corrected chi connectivity index (χ2v) is 5.97. The number of carbonyl (C=O) groups is 1. The zero-order valence-corrected chi connectivity index (χ0v) is 14.1. The lowest BCUT2D eigenvalue weighted by molar-refractivity contribution is 0.1000. The van der Waals surface area contributed by atoms with Crippen molar-refractivity contribution in [1.82, 2.24) is 0 Å². The SMILES string of the molecule is Cc1cc(C(N)=O)ccc1NCc1ccc(-c2ccc(F)cc2C)o1. The Bertz CT molecular complexity index is 931. The molecule has 0 fully saturated rings. The van der Waals surface area contributed by atoms with E-state index >= 15 is 0 Å². The molecule has 3 N–H and O–H groups in total. The largest absolute Gasteiger partial charge is 0.459 e. The van der Waals surface area contributed by atoms with Gasteiger partial charge in [-0.1, -0.05) is 0 Å². The van der Waals surface area contributed by atoms with Gasteiger partial charge in [-0.05, 0) is 73.5 Å². The summed E-state index contributed by atoms with van der Waals surface area (Å²) in [6, 6.07) is 13.6. The number of furan rings is 1. The van der Waals surface area contributed by atoms with Crippen LogP contribution in [0.3, 0.4) is 0 Å². The average molecular weight is 338 g/mol. The Balaban J connectivity index is 1.73. The van der Waals surface area contributed by atoms with Crippen LogP contribution in [0.2, 0.25) is 0 Å². The van der Waals surface area contributed by atoms with Gasteiger partial charge in [-0.25, -0.2) is 4.39 Å². The van der Waals surface area contributed by atoms with Gasteiger partial charge in [-0.3, -0.25) is 4.79 Å². The van der Waals surface area contributed by atoms with E-state index in [1.165, 1.54) is 12.1 Å². The van der Waals surface area contributed by atoms with Crippen LogP contribution in [0.25, 0.3) is 11.3 Å². The molecule has 0 aliphatic carbocycles. The quantitative estimate of drug-likeness (QED) is 0.724. The molecule has 0 spiro atoms. The van der Waals surface area contributed by atoms with Crippen LogP contribution in [0.5, 0.6) is 0 Å². The lowest BCUT2D eigenvalue weighted by atomic mass is 10.1. The summed E-state index contributed by atoms with van der Waals surface area (Å²) in [5.74, 6) is 0.761. The van der Waals surface area contributed by atoms with Crippen LogP contribution in [0, 0.1) is 19.7 Å². The van der Waals surface area contributed by atoms with E-state index in [1.54, 1.807) is 18.2 Å². The molecule has 0 unspecified atom stereocenters. The fourth-order valence-electron chi connectivity index (χ4n) is 2.72. The molecule has 1 amide bonds. The molecule has 0 aliphatic rings. The number of aryl methyl sites for hydroxylation is 2. The third-order valence-corrected chi connectivity index (χ3v) is 4.08. The van der Waals surface area contributed by atoms with Crippen LogP contribution < -0.4 is 11.1 Å². The Hall–Kier alpha value is -3.08. The van der Waals surface area contributed by atoms with E-state index in [9.17, 15) is 9.18 Å². The van der Waals surface area contributed by atoms with Gasteiger partial charge >= 0.3 is 0 Å². The molecular formula is C20H19FN2O2. The second kappa shape index (κ2) is 6.81. The van der Waals surface area contributed by atoms with Gasteiger partial charge in [0.1, 0.15) is 17.3 Å². The van der Waals surface area contributed by atoms with Gasteiger partial charge in [0.05, 0.1) is 6.54 Å². The zero-order valence-electron chi connectivity index (χ0n) is 14.1. The van der Waals surface area contributed by atoms with Crippen molar-refractivity contribution in [3.8, 4) is 11.3 Å². The fraction of sp³-hybridized carbons (Fsp3) is 0.150. The predicted molar refractivity (Wildman–Crippen MR) is 95.9 cm³/mol. The van der Waals surface area contributed by atoms with Crippen molar-refractivity contribution < 1.29 is 13.6 Å². The van der Waals surface area contributed by atoms with Crippen molar-refractivity contribution in [2.45, 2.75) is 20.4 Å². The highest BCUT2D eigenvalue weighted by atomic mass is 19.1. The number of halogens is 1. The molecule has 1 aromatic heterocycles. The molecule has 0 aliphatic heterocycles. The number of carbonyl (C=O) groups excluding carboxylic acids is 1. The number of primary amides is 1. The summed E-state index contributed by atoms with van der Waals surface area (Å²) in [6.07, 6.45) is 0. The molecule has 2 aromatic carbocycles. The number of hydrogen-bond donors (Lipinski definition) is 2. The van der Waals surface area contributed by atoms with Crippen molar-refractivity contribution in [3.05, 3.63) is 76.8 Å². The Morgan fingerprint density at radius 2 is 1.88 bits per heavy atom. The third-order valence-electron chi connectivity index (χ3n) is 4.08. The summed E-state index contributed by atoms with van der Waals surface area (Å²) >= 11 is 0. The summed E-state index contributed by atoms with van der Waals surface area (Å²) in [5.41, 5.74) is 9.29. The van der Waals surface area contributed by atoms with E-state index in [4.69, 9.17) is 10.2 Å². The van der Waals surface area contributed by atoms with Crippen LogP contribution >= 0.6 is 0 Å². The molecule has 25 heavy (non-hydrogen) atoms. The van der Waals surface area contributed by atoms with Crippen LogP contribution in [0.1, 0.15) is 27.2 Å². The standard InChI is InChI=1S/C20H19FN2O2/c1-12-10-15(21)4-6-17(12)19-8-5-16(25-19)11-23-18-7-3-14(20(22)24)9-13(18)2/h3-10,23H,11H2,1-2H3,(H2,22,24). The summed E-state index contributed by atoms with van der Waals surface area (Å²) < 4.78 is 19.1. The number of nitrogens with two attached hydrogens (primary N) is 1. The van der Waals surface area contributed by atoms with Gasteiger partial charge in [-0.2, -0.15) is 0 Å². The minimum absolute atomic E-state index is 0.260. The number of amides is 1. The first kappa shape index (κ1) is 16.8. The molecule has 4 nitrogen and oxygen atoms in total. The number of anilines is 1. The van der Waals surface area contributed by atoms with Gasteiger partial charge in [0.2, 0.25) is 5.91 Å². The molecule has 0 saturated carbocycles. The average Bonchev–Trinajstić information content (AvgIpc) is 3.02. The Morgan fingerprint density at radius 1 is 1.08 bits per heavy atom. The first-order chi connectivity index (χ1) is 11.9. The van der Waals surface area contributed by atoms with Crippen LogP contribution in [0.4, 0.5) is 10.1 Å². The first-order valence-corrected chi connectivity index (χ1v) is 7.93. The smallest absolute Gasteiger partial charge is 0.248 e. The number of rotatable bonds is 5. The van der Waals surface area contributed by atoms with Crippen molar-refractivity contribution in [3.63, 3.8) is 0 Å². The monoisotopic (exact) mass is 338 g/mol. The topological polar surface area (TPSA) is 68.3 Å². The molecular weight excluding hydrogens is 319 g/mol. The van der Waals surface area contributed by atoms with Gasteiger partial charge in [-0.15, -0.1) is 0 Å². The molecule has 0 saturated heterocycles. The van der Waals surface area contributed by atoms with Gasteiger partial charge in [0.25, 0.3) is 0 Å². The molecule has 0 radical (unpaired) electrons. The Morgan fingerprint density at radius 3 is 2.56 bits per heavy atom. The molecule has 0 bridgehead atoms. The summed E-state index contributed by atoms with van der Waals surface area (Å²) in [6.45, 7) is 4.25. The summed E-state index contributed by atoms with van der Waals surface area (Å²) in [5, 5.41) is 3.28. The fourth-order valence-corrected chi connectivity index (χ4v) is 2.72. The van der Waals surface area contributed by atoms with E-state index in [2.05, 4.69) is 5.32 Å². The maximum Gasteiger partial charge on any atom is 0.248 e. The molecule has 1 heterocycles. The zero-order chi connectivity index (χ0) is 18.0. The van der Waals surface area contributed by atoms with E-state index < -0.39 is 5.91 Å². The number of hydrogen-bond acceptors (Lipinski definition) is 3. The van der Waals surface area contributed by atoms with Crippen molar-refractivity contribution in [2.24, 2.45) is 5.73 Å². The minimum atomic E-state index is -0.444. The van der Waals surface area contributed by atoms with E-state index in [1.807, 2.05) is 32.0 Å². The predicted octanol–water partition coefficient (Wildman–Crippen LogP) is 4.41. The molecule has 5 heteroatoms.